The minimum Gasteiger partial charge on any atom is -0.375 e. The highest BCUT2D eigenvalue weighted by Crippen LogP contribution is 2.24. The fourth-order valence-corrected chi connectivity index (χ4v) is 4.53. The molecule has 2 aromatic rings. The Kier molecular flexibility index (Phi) is 6.99. The van der Waals surface area contributed by atoms with Gasteiger partial charge in [-0.05, 0) is 37.1 Å². The Balaban J connectivity index is 1.32. The summed E-state index contributed by atoms with van der Waals surface area (Å²) < 4.78 is 6.48. The number of nitrogens with zero attached hydrogens (tertiary/aromatic N) is 4. The van der Waals surface area contributed by atoms with Crippen LogP contribution in [-0.4, -0.2) is 77.3 Å². The average molecular weight is 426 g/mol. The number of carbonyl (C=O) groups excluding carboxylic acids is 2. The third-order valence-electron chi connectivity index (χ3n) is 6.21. The first-order valence-corrected chi connectivity index (χ1v) is 11.1. The van der Waals surface area contributed by atoms with Gasteiger partial charge >= 0.3 is 0 Å². The van der Waals surface area contributed by atoms with E-state index in [0.717, 1.165) is 31.9 Å². The highest BCUT2D eigenvalue weighted by atomic mass is 16.5. The zero-order chi connectivity index (χ0) is 21.6. The minimum atomic E-state index is -0.230. The van der Waals surface area contributed by atoms with Gasteiger partial charge in [0.1, 0.15) is 6.61 Å². The number of aromatic nitrogens is 2. The topological polar surface area (TPSA) is 79.7 Å². The standard InChI is InChI=1S/C23H31N5O3/c1-31-17-22(29)25-19-15-24-28(16-19)21-9-7-18(8-10-21)23(30)27-13-11-26(12-14-27)20-5-3-2-4-6-20/h7-10,15-16,20H,2-6,11-14,17H2,1H3,(H,25,29). The van der Waals surface area contributed by atoms with Crippen LogP contribution in [0.15, 0.2) is 36.7 Å². The molecule has 0 atom stereocenters. The third kappa shape index (κ3) is 5.32. The van der Waals surface area contributed by atoms with Crippen LogP contribution in [0.2, 0.25) is 0 Å². The van der Waals surface area contributed by atoms with E-state index in [9.17, 15) is 9.59 Å². The quantitative estimate of drug-likeness (QED) is 0.769. The number of anilines is 1. The lowest BCUT2D eigenvalue weighted by Crippen LogP contribution is -2.52. The molecule has 1 N–H and O–H groups in total. The molecule has 0 bridgehead atoms. The van der Waals surface area contributed by atoms with Crippen molar-refractivity contribution in [3.63, 3.8) is 0 Å². The summed E-state index contributed by atoms with van der Waals surface area (Å²) in [7, 11) is 1.47. The number of hydrogen-bond acceptors (Lipinski definition) is 5. The summed E-state index contributed by atoms with van der Waals surface area (Å²) in [5, 5.41) is 7.00. The van der Waals surface area contributed by atoms with Crippen molar-refractivity contribution in [2.24, 2.45) is 0 Å². The summed E-state index contributed by atoms with van der Waals surface area (Å²) in [6.07, 6.45) is 9.97. The van der Waals surface area contributed by atoms with Crippen molar-refractivity contribution in [2.75, 3.05) is 45.2 Å². The van der Waals surface area contributed by atoms with Gasteiger partial charge in [-0.25, -0.2) is 4.68 Å². The molecular weight excluding hydrogens is 394 g/mol. The van der Waals surface area contributed by atoms with E-state index in [0.29, 0.717) is 17.3 Å². The van der Waals surface area contributed by atoms with Gasteiger partial charge < -0.3 is 15.0 Å². The van der Waals surface area contributed by atoms with Crippen LogP contribution in [0.5, 0.6) is 0 Å². The van der Waals surface area contributed by atoms with Crippen LogP contribution in [0.1, 0.15) is 42.5 Å². The monoisotopic (exact) mass is 425 g/mol. The second-order valence-electron chi connectivity index (χ2n) is 8.32. The smallest absolute Gasteiger partial charge is 0.253 e. The first kappa shape index (κ1) is 21.5. The Bertz CT molecular complexity index is 881. The van der Waals surface area contributed by atoms with Gasteiger partial charge in [0.25, 0.3) is 5.91 Å². The number of nitrogens with one attached hydrogen (secondary N) is 1. The van der Waals surface area contributed by atoms with Crippen LogP contribution in [0, 0.1) is 0 Å². The van der Waals surface area contributed by atoms with Gasteiger partial charge in [-0.1, -0.05) is 19.3 Å². The highest BCUT2D eigenvalue weighted by Gasteiger charge is 2.27. The molecule has 8 heteroatoms. The molecule has 2 aliphatic rings. The van der Waals surface area contributed by atoms with Gasteiger partial charge in [-0.2, -0.15) is 5.10 Å². The predicted octanol–water partition coefficient (Wildman–Crippen LogP) is 2.55. The molecule has 2 amide bonds. The number of piperazine rings is 1. The summed E-state index contributed by atoms with van der Waals surface area (Å²) in [5.41, 5.74) is 2.11. The van der Waals surface area contributed by atoms with Crippen molar-refractivity contribution in [1.82, 2.24) is 19.6 Å². The van der Waals surface area contributed by atoms with Crippen LogP contribution in [0.3, 0.4) is 0 Å². The Hall–Kier alpha value is -2.71. The van der Waals surface area contributed by atoms with Gasteiger partial charge in [0.2, 0.25) is 5.91 Å². The van der Waals surface area contributed by atoms with Crippen molar-refractivity contribution < 1.29 is 14.3 Å². The fourth-order valence-electron chi connectivity index (χ4n) is 4.53. The van der Waals surface area contributed by atoms with E-state index in [1.54, 1.807) is 17.1 Å². The molecule has 1 aromatic carbocycles. The molecule has 1 aliphatic carbocycles. The summed E-state index contributed by atoms with van der Waals surface area (Å²) >= 11 is 0. The van der Waals surface area contributed by atoms with E-state index < -0.39 is 0 Å². The largest absolute Gasteiger partial charge is 0.375 e. The number of methoxy groups -OCH3 is 1. The molecule has 2 fully saturated rings. The second-order valence-corrected chi connectivity index (χ2v) is 8.32. The van der Waals surface area contributed by atoms with Crippen molar-refractivity contribution in [3.05, 3.63) is 42.2 Å². The zero-order valence-electron chi connectivity index (χ0n) is 18.1. The van der Waals surface area contributed by atoms with Crippen LogP contribution >= 0.6 is 0 Å². The highest BCUT2D eigenvalue weighted by molar-refractivity contribution is 5.94. The van der Waals surface area contributed by atoms with Crippen molar-refractivity contribution >= 4 is 17.5 Å². The van der Waals surface area contributed by atoms with Gasteiger partial charge in [0.15, 0.2) is 0 Å². The molecule has 1 aliphatic heterocycles. The zero-order valence-corrected chi connectivity index (χ0v) is 18.1. The molecule has 1 saturated carbocycles. The molecule has 0 radical (unpaired) electrons. The number of carbonyl (C=O) groups is 2. The summed E-state index contributed by atoms with van der Waals surface area (Å²) in [6, 6.07) is 8.15. The van der Waals surface area contributed by atoms with Crippen LogP contribution in [0.25, 0.3) is 5.69 Å². The normalized spacial score (nSPS) is 18.2. The van der Waals surface area contributed by atoms with Crippen molar-refractivity contribution in [1.29, 1.82) is 0 Å². The van der Waals surface area contributed by atoms with E-state index >= 15 is 0 Å². The first-order valence-electron chi connectivity index (χ1n) is 11.1. The fraction of sp³-hybridized carbons (Fsp3) is 0.522. The van der Waals surface area contributed by atoms with Crippen LogP contribution in [-0.2, 0) is 9.53 Å². The van der Waals surface area contributed by atoms with E-state index in [1.807, 2.05) is 29.2 Å². The molecule has 4 rings (SSSR count). The van der Waals surface area contributed by atoms with Crippen LogP contribution < -0.4 is 5.32 Å². The SMILES string of the molecule is COCC(=O)Nc1cnn(-c2ccc(C(=O)N3CCN(C4CCCCC4)CC3)cc2)c1. The van der Waals surface area contributed by atoms with Crippen molar-refractivity contribution in [3.8, 4) is 5.69 Å². The lowest BCUT2D eigenvalue weighted by Gasteiger charge is -2.40. The maximum atomic E-state index is 12.9. The molecule has 1 saturated heterocycles. The molecule has 0 spiro atoms. The average Bonchev–Trinajstić information content (AvgIpc) is 3.28. The molecular formula is C23H31N5O3. The number of rotatable bonds is 6. The van der Waals surface area contributed by atoms with Crippen molar-refractivity contribution in [2.45, 2.75) is 38.1 Å². The van der Waals surface area contributed by atoms with E-state index in [-0.39, 0.29) is 18.4 Å². The first-order chi connectivity index (χ1) is 15.1. The Morgan fingerprint density at radius 1 is 1.06 bits per heavy atom. The minimum absolute atomic E-state index is 0.00307. The Morgan fingerprint density at radius 2 is 1.77 bits per heavy atom. The molecule has 0 unspecified atom stereocenters. The van der Waals surface area contributed by atoms with Gasteiger partial charge in [0.05, 0.1) is 23.8 Å². The molecule has 31 heavy (non-hydrogen) atoms. The van der Waals surface area contributed by atoms with Crippen LogP contribution in [0.4, 0.5) is 5.69 Å². The number of amides is 2. The molecule has 1 aromatic heterocycles. The maximum Gasteiger partial charge on any atom is 0.253 e. The van der Waals surface area contributed by atoms with Gasteiger partial charge in [-0.3, -0.25) is 14.5 Å². The second kappa shape index (κ2) is 10.1. The number of benzene rings is 1. The maximum absolute atomic E-state index is 12.9. The van der Waals surface area contributed by atoms with Gasteiger partial charge in [0, 0.05) is 44.9 Å². The Labute approximate surface area is 183 Å². The summed E-state index contributed by atoms with van der Waals surface area (Å²) in [4.78, 5) is 29.1. The third-order valence-corrected chi connectivity index (χ3v) is 6.21. The van der Waals surface area contributed by atoms with E-state index in [4.69, 9.17) is 4.74 Å². The van der Waals surface area contributed by atoms with E-state index in [1.165, 1.54) is 39.2 Å². The van der Waals surface area contributed by atoms with Gasteiger partial charge in [-0.15, -0.1) is 0 Å². The lowest BCUT2D eigenvalue weighted by atomic mass is 9.94. The molecule has 166 valence electrons. The number of ether oxygens (including phenoxy) is 1. The summed E-state index contributed by atoms with van der Waals surface area (Å²) in [6.45, 7) is 3.52. The predicted molar refractivity (Wildman–Crippen MR) is 118 cm³/mol. The van der Waals surface area contributed by atoms with E-state index in [2.05, 4.69) is 15.3 Å². The molecule has 2 heterocycles. The number of hydrogen-bond donors (Lipinski definition) is 1. The summed E-state index contributed by atoms with van der Waals surface area (Å²) in [5.74, 6) is -0.144. The Morgan fingerprint density at radius 3 is 2.45 bits per heavy atom. The lowest BCUT2D eigenvalue weighted by molar-refractivity contribution is -0.119. The molecule has 8 nitrogen and oxygen atoms in total.